The number of rotatable bonds is 5. The van der Waals surface area contributed by atoms with E-state index in [1.54, 1.807) is 68.5 Å². The first kappa shape index (κ1) is 21.0. The second-order valence-corrected chi connectivity index (χ2v) is 8.15. The van der Waals surface area contributed by atoms with Gasteiger partial charge in [0.15, 0.2) is 22.9 Å². The molecule has 1 N–H and O–H groups in total. The molecule has 1 amide bonds. The number of oxime groups is 1. The fraction of sp³-hybridized carbons (Fsp3) is 0.391. The van der Waals surface area contributed by atoms with E-state index in [-0.39, 0.29) is 23.4 Å². The normalized spacial score (nSPS) is 20.0. The number of piperidine rings is 1. The summed E-state index contributed by atoms with van der Waals surface area (Å²) < 4.78 is 5.48. The van der Waals surface area contributed by atoms with Crippen LogP contribution in [0.1, 0.15) is 42.6 Å². The highest BCUT2D eigenvalue weighted by Gasteiger charge is 2.40. The van der Waals surface area contributed by atoms with E-state index in [9.17, 15) is 9.59 Å². The lowest BCUT2D eigenvalue weighted by molar-refractivity contribution is -0.128. The first-order valence-corrected chi connectivity index (χ1v) is 10.4. The fourth-order valence-corrected chi connectivity index (χ4v) is 3.83. The second-order valence-electron chi connectivity index (χ2n) is 8.15. The summed E-state index contributed by atoms with van der Waals surface area (Å²) in [6.45, 7) is 4.97. The molecule has 2 aliphatic rings. The second kappa shape index (κ2) is 8.47. The van der Waals surface area contributed by atoms with Crippen LogP contribution >= 0.6 is 0 Å². The Kier molecular flexibility index (Phi) is 5.73. The van der Waals surface area contributed by atoms with E-state index in [2.05, 4.69) is 15.5 Å². The molecule has 4 rings (SSSR count). The molecule has 1 atom stereocenters. The molecule has 162 valence electrons. The van der Waals surface area contributed by atoms with E-state index in [4.69, 9.17) is 9.57 Å². The number of carbonyl (C=O) groups is 2. The van der Waals surface area contributed by atoms with Gasteiger partial charge in [-0.1, -0.05) is 17.3 Å². The summed E-state index contributed by atoms with van der Waals surface area (Å²) in [6.07, 6.45) is 3.50. The van der Waals surface area contributed by atoms with Gasteiger partial charge in [0.1, 0.15) is 0 Å². The van der Waals surface area contributed by atoms with E-state index in [0.717, 1.165) is 19.4 Å². The summed E-state index contributed by atoms with van der Waals surface area (Å²) >= 11 is 0. The average molecular weight is 422 g/mol. The summed E-state index contributed by atoms with van der Waals surface area (Å²) in [4.78, 5) is 37.4. The van der Waals surface area contributed by atoms with Crippen molar-refractivity contribution in [1.29, 1.82) is 0 Å². The summed E-state index contributed by atoms with van der Waals surface area (Å²) in [5.74, 6) is 0.690. The quantitative estimate of drug-likeness (QED) is 0.796. The van der Waals surface area contributed by atoms with E-state index < -0.39 is 5.60 Å². The molecule has 1 aromatic carbocycles. The van der Waals surface area contributed by atoms with Gasteiger partial charge in [0.25, 0.3) is 5.91 Å². The number of hydrogen-bond acceptors (Lipinski definition) is 7. The lowest BCUT2D eigenvalue weighted by Crippen LogP contribution is -2.49. The van der Waals surface area contributed by atoms with Crippen molar-refractivity contribution >= 4 is 23.2 Å². The number of methoxy groups -OCH3 is 1. The van der Waals surface area contributed by atoms with Crippen molar-refractivity contribution in [3.05, 3.63) is 53.7 Å². The molecule has 1 aromatic heterocycles. The molecule has 0 saturated carbocycles. The summed E-state index contributed by atoms with van der Waals surface area (Å²) in [5, 5.41) is 7.29. The maximum absolute atomic E-state index is 13.6. The van der Waals surface area contributed by atoms with Gasteiger partial charge >= 0.3 is 0 Å². The van der Waals surface area contributed by atoms with Gasteiger partial charge in [0, 0.05) is 23.9 Å². The molecule has 0 spiro atoms. The van der Waals surface area contributed by atoms with Gasteiger partial charge in [-0.25, -0.2) is 4.98 Å². The number of Topliss-reactive ketones (excluding diaryl/α,β-unsaturated/α-hetero) is 1. The number of amides is 1. The Morgan fingerprint density at radius 3 is 2.65 bits per heavy atom. The molecular weight excluding hydrogens is 396 g/mol. The van der Waals surface area contributed by atoms with Crippen LogP contribution in [0.25, 0.3) is 0 Å². The van der Waals surface area contributed by atoms with Crippen LogP contribution < -0.4 is 15.0 Å². The number of nitrogens with one attached hydrogen (secondary N) is 1. The third-order valence-corrected chi connectivity index (χ3v) is 5.59. The van der Waals surface area contributed by atoms with Crippen LogP contribution in [0.5, 0.6) is 5.75 Å². The van der Waals surface area contributed by atoms with Crippen LogP contribution in [0.2, 0.25) is 0 Å². The Hall–Kier alpha value is -3.26. The molecule has 8 nitrogen and oxygen atoms in total. The first-order valence-electron chi connectivity index (χ1n) is 10.4. The number of hydrogen-bond donors (Lipinski definition) is 1. The monoisotopic (exact) mass is 422 g/mol. The number of benzene rings is 1. The highest BCUT2D eigenvalue weighted by atomic mass is 16.7. The predicted octanol–water partition coefficient (Wildman–Crippen LogP) is 2.57. The minimum Gasteiger partial charge on any atom is -0.493 e. The number of pyridine rings is 1. The van der Waals surface area contributed by atoms with Crippen LogP contribution in [0.15, 0.2) is 47.8 Å². The van der Waals surface area contributed by atoms with Gasteiger partial charge in [0.05, 0.1) is 13.2 Å². The molecule has 1 saturated heterocycles. The number of ketones is 1. The highest BCUT2D eigenvalue weighted by Crippen LogP contribution is 2.30. The molecule has 0 aliphatic carbocycles. The number of nitrogens with zero attached hydrogens (tertiary/aromatic N) is 3. The van der Waals surface area contributed by atoms with Crippen LogP contribution in [0, 0.1) is 0 Å². The van der Waals surface area contributed by atoms with E-state index in [0.29, 0.717) is 29.2 Å². The summed E-state index contributed by atoms with van der Waals surface area (Å²) in [7, 11) is 1.57. The zero-order valence-electron chi connectivity index (χ0n) is 17.9. The maximum atomic E-state index is 13.6. The molecule has 2 aliphatic heterocycles. The zero-order valence-corrected chi connectivity index (χ0v) is 17.9. The van der Waals surface area contributed by atoms with Crippen LogP contribution in [0.3, 0.4) is 0 Å². The zero-order chi connectivity index (χ0) is 22.0. The SMILES string of the molecule is COc1cccnc1N(C(=O)c1ccc(C2=NOC(C)(C)C2=O)cc1)C1CCCNC1. The molecule has 2 aromatic rings. The van der Waals surface area contributed by atoms with Crippen molar-refractivity contribution in [3.8, 4) is 5.75 Å². The van der Waals surface area contributed by atoms with Gasteiger partial charge in [0.2, 0.25) is 5.78 Å². The number of anilines is 1. The number of ether oxygens (including phenoxy) is 1. The summed E-state index contributed by atoms with van der Waals surface area (Å²) in [5.41, 5.74) is 0.412. The maximum Gasteiger partial charge on any atom is 0.259 e. The van der Waals surface area contributed by atoms with Crippen molar-refractivity contribution < 1.29 is 19.2 Å². The molecule has 1 fully saturated rings. The minimum atomic E-state index is -0.968. The third kappa shape index (κ3) is 4.03. The van der Waals surface area contributed by atoms with Gasteiger partial charge < -0.3 is 14.9 Å². The summed E-state index contributed by atoms with van der Waals surface area (Å²) in [6, 6.07) is 10.4. The molecule has 0 radical (unpaired) electrons. The van der Waals surface area contributed by atoms with Gasteiger partial charge in [-0.15, -0.1) is 0 Å². The fourth-order valence-electron chi connectivity index (χ4n) is 3.83. The van der Waals surface area contributed by atoms with Crippen molar-refractivity contribution in [2.75, 3.05) is 25.1 Å². The van der Waals surface area contributed by atoms with Crippen molar-refractivity contribution in [1.82, 2.24) is 10.3 Å². The topological polar surface area (TPSA) is 93.1 Å². The van der Waals surface area contributed by atoms with Crippen LogP contribution in [-0.4, -0.2) is 54.2 Å². The number of carbonyl (C=O) groups excluding carboxylic acids is 2. The third-order valence-electron chi connectivity index (χ3n) is 5.59. The van der Waals surface area contributed by atoms with Gasteiger partial charge in [-0.3, -0.25) is 14.5 Å². The first-order chi connectivity index (χ1) is 14.9. The Bertz CT molecular complexity index is 1010. The molecule has 31 heavy (non-hydrogen) atoms. The average Bonchev–Trinajstić information content (AvgIpc) is 3.07. The van der Waals surface area contributed by atoms with Gasteiger partial charge in [-0.05, 0) is 57.5 Å². The molecule has 1 unspecified atom stereocenters. The van der Waals surface area contributed by atoms with Crippen LogP contribution in [0.4, 0.5) is 5.82 Å². The van der Waals surface area contributed by atoms with E-state index >= 15 is 0 Å². The predicted molar refractivity (Wildman–Crippen MR) is 117 cm³/mol. The Morgan fingerprint density at radius 2 is 2.03 bits per heavy atom. The molecule has 3 heterocycles. The minimum absolute atomic E-state index is 0.0419. The standard InChI is InChI=1S/C23H26N4O4/c1-23(2)20(28)19(26-31-23)15-8-10-16(11-9-15)22(29)27(17-6-4-12-24-14-17)21-18(30-3)7-5-13-25-21/h5,7-11,13,17,24H,4,6,12,14H2,1-3H3. The Morgan fingerprint density at radius 1 is 1.26 bits per heavy atom. The lowest BCUT2D eigenvalue weighted by Gasteiger charge is -2.34. The molecular formula is C23H26N4O4. The highest BCUT2D eigenvalue weighted by molar-refractivity contribution is 6.49. The lowest BCUT2D eigenvalue weighted by atomic mass is 9.95. The molecule has 8 heteroatoms. The van der Waals surface area contributed by atoms with Crippen molar-refractivity contribution in [3.63, 3.8) is 0 Å². The smallest absolute Gasteiger partial charge is 0.259 e. The van der Waals surface area contributed by atoms with E-state index in [1.165, 1.54) is 0 Å². The van der Waals surface area contributed by atoms with Crippen LogP contribution in [-0.2, 0) is 9.63 Å². The van der Waals surface area contributed by atoms with E-state index in [1.807, 2.05) is 0 Å². The Balaban J connectivity index is 1.65. The molecule has 0 bridgehead atoms. The largest absolute Gasteiger partial charge is 0.493 e. The number of aromatic nitrogens is 1. The van der Waals surface area contributed by atoms with Crippen molar-refractivity contribution in [2.24, 2.45) is 5.16 Å². The Labute approximate surface area is 181 Å². The van der Waals surface area contributed by atoms with Gasteiger partial charge in [-0.2, -0.15) is 0 Å². The van der Waals surface area contributed by atoms with Crippen molar-refractivity contribution in [2.45, 2.75) is 38.3 Å².